The standard InChI is InChI=1S/C14H17N3/c1-10(2)9-14(17-15)12-5-3-7-13-11(12)6-4-8-16-13/h3-8,14,17H,1,9,15H2,2H3. The minimum atomic E-state index is 0.0837. The van der Waals surface area contributed by atoms with Crippen molar-refractivity contribution in [1.29, 1.82) is 0 Å². The second-order valence-electron chi connectivity index (χ2n) is 4.30. The van der Waals surface area contributed by atoms with Crippen molar-refractivity contribution in [3.8, 4) is 0 Å². The van der Waals surface area contributed by atoms with Crippen molar-refractivity contribution in [2.75, 3.05) is 0 Å². The van der Waals surface area contributed by atoms with Crippen LogP contribution in [-0.4, -0.2) is 4.98 Å². The van der Waals surface area contributed by atoms with Gasteiger partial charge in [-0.2, -0.15) is 0 Å². The number of nitrogens with one attached hydrogen (secondary N) is 1. The molecule has 1 atom stereocenters. The largest absolute Gasteiger partial charge is 0.271 e. The van der Waals surface area contributed by atoms with Crippen molar-refractivity contribution in [2.24, 2.45) is 5.84 Å². The highest BCUT2D eigenvalue weighted by molar-refractivity contribution is 5.82. The summed E-state index contributed by atoms with van der Waals surface area (Å²) >= 11 is 0. The van der Waals surface area contributed by atoms with Crippen LogP contribution in [0.25, 0.3) is 10.9 Å². The molecule has 3 heteroatoms. The average Bonchev–Trinajstić information content (AvgIpc) is 2.35. The van der Waals surface area contributed by atoms with Gasteiger partial charge in [-0.25, -0.2) is 0 Å². The number of benzene rings is 1. The number of fused-ring (bicyclic) bond motifs is 1. The van der Waals surface area contributed by atoms with Crippen LogP contribution < -0.4 is 11.3 Å². The Labute approximate surface area is 101 Å². The van der Waals surface area contributed by atoms with Crippen molar-refractivity contribution in [1.82, 2.24) is 10.4 Å². The number of nitrogens with zero attached hydrogens (tertiary/aromatic N) is 1. The zero-order valence-corrected chi connectivity index (χ0v) is 9.98. The lowest BCUT2D eigenvalue weighted by atomic mass is 9.97. The minimum Gasteiger partial charge on any atom is -0.271 e. The van der Waals surface area contributed by atoms with Gasteiger partial charge in [0, 0.05) is 11.6 Å². The summed E-state index contributed by atoms with van der Waals surface area (Å²) in [7, 11) is 0. The predicted octanol–water partition coefficient (Wildman–Crippen LogP) is 2.71. The van der Waals surface area contributed by atoms with E-state index in [-0.39, 0.29) is 6.04 Å². The van der Waals surface area contributed by atoms with Gasteiger partial charge in [-0.1, -0.05) is 23.8 Å². The summed E-state index contributed by atoms with van der Waals surface area (Å²) in [5.41, 5.74) is 6.12. The van der Waals surface area contributed by atoms with E-state index < -0.39 is 0 Å². The van der Waals surface area contributed by atoms with Gasteiger partial charge in [-0.15, -0.1) is 6.58 Å². The molecule has 0 spiro atoms. The Kier molecular flexibility index (Phi) is 3.52. The summed E-state index contributed by atoms with van der Waals surface area (Å²) in [5.74, 6) is 5.63. The molecule has 0 bridgehead atoms. The third kappa shape index (κ3) is 2.52. The average molecular weight is 227 g/mol. The van der Waals surface area contributed by atoms with Gasteiger partial charge in [0.2, 0.25) is 0 Å². The van der Waals surface area contributed by atoms with Crippen LogP contribution in [0.5, 0.6) is 0 Å². The van der Waals surface area contributed by atoms with Crippen LogP contribution in [0.4, 0.5) is 0 Å². The third-order valence-corrected chi connectivity index (χ3v) is 2.81. The SMILES string of the molecule is C=C(C)CC(NN)c1cccc2ncccc12. The summed E-state index contributed by atoms with van der Waals surface area (Å²) in [5, 5.41) is 1.14. The maximum absolute atomic E-state index is 5.63. The molecule has 2 rings (SSSR count). The summed E-state index contributed by atoms with van der Waals surface area (Å²) < 4.78 is 0. The summed E-state index contributed by atoms with van der Waals surface area (Å²) in [6, 6.07) is 10.2. The summed E-state index contributed by atoms with van der Waals surface area (Å²) in [6.07, 6.45) is 2.63. The van der Waals surface area contributed by atoms with Gasteiger partial charge in [-0.05, 0) is 31.0 Å². The number of hydrazine groups is 1. The molecule has 2 aromatic rings. The molecule has 0 amide bonds. The Bertz CT molecular complexity index is 528. The molecule has 0 fully saturated rings. The van der Waals surface area contributed by atoms with Crippen molar-refractivity contribution < 1.29 is 0 Å². The third-order valence-electron chi connectivity index (χ3n) is 2.81. The molecule has 0 saturated carbocycles. The van der Waals surface area contributed by atoms with Gasteiger partial charge in [0.15, 0.2) is 0 Å². The highest BCUT2D eigenvalue weighted by Gasteiger charge is 2.12. The van der Waals surface area contributed by atoms with Crippen molar-refractivity contribution in [3.63, 3.8) is 0 Å². The smallest absolute Gasteiger partial charge is 0.0705 e. The zero-order valence-electron chi connectivity index (χ0n) is 9.98. The molecule has 0 aliphatic rings. The van der Waals surface area contributed by atoms with Crippen LogP contribution in [0.1, 0.15) is 24.9 Å². The fraction of sp³-hybridized carbons (Fsp3) is 0.214. The second kappa shape index (κ2) is 5.08. The fourth-order valence-corrected chi connectivity index (χ4v) is 2.04. The molecule has 1 heterocycles. The van der Waals surface area contributed by atoms with E-state index in [4.69, 9.17) is 5.84 Å². The molecule has 0 saturated heterocycles. The lowest BCUT2D eigenvalue weighted by Gasteiger charge is -2.18. The van der Waals surface area contributed by atoms with Gasteiger partial charge < -0.3 is 0 Å². The van der Waals surface area contributed by atoms with E-state index >= 15 is 0 Å². The number of rotatable bonds is 4. The Morgan fingerprint density at radius 3 is 2.94 bits per heavy atom. The van der Waals surface area contributed by atoms with E-state index in [1.165, 1.54) is 5.56 Å². The van der Waals surface area contributed by atoms with Crippen LogP contribution in [0.15, 0.2) is 48.7 Å². The highest BCUT2D eigenvalue weighted by Crippen LogP contribution is 2.26. The maximum Gasteiger partial charge on any atom is 0.0705 e. The van der Waals surface area contributed by atoms with E-state index in [1.54, 1.807) is 6.20 Å². The van der Waals surface area contributed by atoms with Crippen LogP contribution >= 0.6 is 0 Å². The molecule has 1 unspecified atom stereocenters. The number of hydrogen-bond donors (Lipinski definition) is 2. The van der Waals surface area contributed by atoms with Crippen molar-refractivity contribution >= 4 is 10.9 Å². The minimum absolute atomic E-state index is 0.0837. The highest BCUT2D eigenvalue weighted by atomic mass is 15.2. The molecule has 17 heavy (non-hydrogen) atoms. The molecule has 0 aliphatic heterocycles. The Balaban J connectivity index is 2.49. The molecule has 0 aliphatic carbocycles. The first-order valence-electron chi connectivity index (χ1n) is 5.66. The van der Waals surface area contributed by atoms with Crippen LogP contribution in [0.3, 0.4) is 0 Å². The molecule has 1 aromatic carbocycles. The van der Waals surface area contributed by atoms with Gasteiger partial charge in [0.1, 0.15) is 0 Å². The lowest BCUT2D eigenvalue weighted by Crippen LogP contribution is -2.28. The Morgan fingerprint density at radius 1 is 1.41 bits per heavy atom. The first-order chi connectivity index (χ1) is 8.22. The van der Waals surface area contributed by atoms with Gasteiger partial charge in [0.25, 0.3) is 0 Å². The van der Waals surface area contributed by atoms with Gasteiger partial charge >= 0.3 is 0 Å². The zero-order chi connectivity index (χ0) is 12.3. The molecule has 88 valence electrons. The molecular formula is C14H17N3. The number of pyridine rings is 1. The van der Waals surface area contributed by atoms with Gasteiger partial charge in [0.05, 0.1) is 11.6 Å². The van der Waals surface area contributed by atoms with E-state index in [0.29, 0.717) is 0 Å². The molecular weight excluding hydrogens is 210 g/mol. The normalized spacial score (nSPS) is 12.6. The van der Waals surface area contributed by atoms with Crippen LogP contribution in [0, 0.1) is 0 Å². The van der Waals surface area contributed by atoms with E-state index in [9.17, 15) is 0 Å². The summed E-state index contributed by atoms with van der Waals surface area (Å²) in [4.78, 5) is 4.35. The Morgan fingerprint density at radius 2 is 2.24 bits per heavy atom. The fourth-order valence-electron chi connectivity index (χ4n) is 2.04. The predicted molar refractivity (Wildman–Crippen MR) is 71.2 cm³/mol. The number of nitrogens with two attached hydrogens (primary N) is 1. The monoisotopic (exact) mass is 227 g/mol. The maximum atomic E-state index is 5.63. The van der Waals surface area contributed by atoms with Gasteiger partial charge in [-0.3, -0.25) is 16.3 Å². The number of hydrogen-bond acceptors (Lipinski definition) is 3. The quantitative estimate of drug-likeness (QED) is 0.479. The van der Waals surface area contributed by atoms with E-state index in [2.05, 4.69) is 29.1 Å². The molecule has 0 radical (unpaired) electrons. The first-order valence-corrected chi connectivity index (χ1v) is 5.66. The molecule has 3 N–H and O–H groups in total. The summed E-state index contributed by atoms with van der Waals surface area (Å²) in [6.45, 7) is 5.94. The van der Waals surface area contributed by atoms with Crippen molar-refractivity contribution in [3.05, 3.63) is 54.2 Å². The second-order valence-corrected chi connectivity index (χ2v) is 4.30. The lowest BCUT2D eigenvalue weighted by molar-refractivity contribution is 0.554. The molecule has 1 aromatic heterocycles. The number of aromatic nitrogens is 1. The first kappa shape index (κ1) is 11.8. The molecule has 3 nitrogen and oxygen atoms in total. The van der Waals surface area contributed by atoms with E-state index in [0.717, 1.165) is 22.9 Å². The van der Waals surface area contributed by atoms with E-state index in [1.807, 2.05) is 25.1 Å². The van der Waals surface area contributed by atoms with Crippen LogP contribution in [0.2, 0.25) is 0 Å². The topological polar surface area (TPSA) is 50.9 Å². The van der Waals surface area contributed by atoms with Crippen molar-refractivity contribution in [2.45, 2.75) is 19.4 Å². The Hall–Kier alpha value is -1.71. The van der Waals surface area contributed by atoms with Crippen LogP contribution in [-0.2, 0) is 0 Å².